The molecule has 0 saturated carbocycles. The Bertz CT molecular complexity index is 381. The third-order valence-electron chi connectivity index (χ3n) is 3.96. The number of hydrogen-bond acceptors (Lipinski definition) is 4. The number of anilines is 1. The fourth-order valence-corrected chi connectivity index (χ4v) is 2.58. The normalized spacial score (nSPS) is 22.5. The molecule has 0 radical (unpaired) electrons. The van der Waals surface area contributed by atoms with Crippen molar-refractivity contribution in [3.8, 4) is 0 Å². The Hall–Kier alpha value is -1.16. The Morgan fingerprint density at radius 3 is 2.53 bits per heavy atom. The molecule has 0 bridgehead atoms. The number of piperidine rings is 1. The van der Waals surface area contributed by atoms with E-state index in [1.54, 1.807) is 0 Å². The zero-order valence-electron chi connectivity index (χ0n) is 10.4. The van der Waals surface area contributed by atoms with Gasteiger partial charge in [-0.3, -0.25) is 4.98 Å². The third-order valence-corrected chi connectivity index (χ3v) is 3.96. The van der Waals surface area contributed by atoms with Gasteiger partial charge in [0, 0.05) is 44.5 Å². The molecule has 2 aliphatic heterocycles. The summed E-state index contributed by atoms with van der Waals surface area (Å²) in [5.74, 6) is 2.56. The molecular formula is C13H20N4. The summed E-state index contributed by atoms with van der Waals surface area (Å²) in [7, 11) is 0. The molecule has 17 heavy (non-hydrogen) atoms. The monoisotopic (exact) mass is 232 g/mol. The van der Waals surface area contributed by atoms with Crippen molar-refractivity contribution in [3.05, 3.63) is 18.1 Å². The second-order valence-corrected chi connectivity index (χ2v) is 5.29. The van der Waals surface area contributed by atoms with Crippen LogP contribution in [0.3, 0.4) is 0 Å². The minimum absolute atomic E-state index is 0.568. The molecule has 2 fully saturated rings. The molecule has 3 rings (SSSR count). The van der Waals surface area contributed by atoms with Crippen LogP contribution < -0.4 is 10.2 Å². The Morgan fingerprint density at radius 1 is 1.18 bits per heavy atom. The van der Waals surface area contributed by atoms with Gasteiger partial charge in [-0.05, 0) is 18.8 Å². The van der Waals surface area contributed by atoms with E-state index in [1.807, 2.05) is 12.4 Å². The van der Waals surface area contributed by atoms with Crippen LogP contribution in [-0.2, 0) is 0 Å². The molecule has 1 N–H and O–H groups in total. The first-order valence-corrected chi connectivity index (χ1v) is 6.61. The summed E-state index contributed by atoms with van der Waals surface area (Å²) in [6.07, 6.45) is 6.20. The molecule has 1 aromatic rings. The quantitative estimate of drug-likeness (QED) is 0.837. The first-order chi connectivity index (χ1) is 8.34. The van der Waals surface area contributed by atoms with Crippen LogP contribution in [0.4, 0.5) is 5.82 Å². The number of aromatic nitrogens is 2. The van der Waals surface area contributed by atoms with E-state index in [2.05, 4.69) is 27.1 Å². The molecular weight excluding hydrogens is 212 g/mol. The highest BCUT2D eigenvalue weighted by atomic mass is 15.2. The summed E-state index contributed by atoms with van der Waals surface area (Å²) >= 11 is 0. The molecule has 92 valence electrons. The molecule has 0 amide bonds. The zero-order chi connectivity index (χ0) is 11.7. The van der Waals surface area contributed by atoms with E-state index in [9.17, 15) is 0 Å². The van der Waals surface area contributed by atoms with E-state index in [0.717, 1.165) is 37.9 Å². The Balaban J connectivity index is 1.81. The van der Waals surface area contributed by atoms with Gasteiger partial charge in [0.25, 0.3) is 0 Å². The van der Waals surface area contributed by atoms with Crippen LogP contribution in [0.2, 0.25) is 0 Å². The van der Waals surface area contributed by atoms with Crippen LogP contribution in [-0.4, -0.2) is 36.1 Å². The highest BCUT2D eigenvalue weighted by molar-refractivity contribution is 5.46. The van der Waals surface area contributed by atoms with Gasteiger partial charge in [-0.2, -0.15) is 0 Å². The number of nitrogens with one attached hydrogen (secondary N) is 1. The van der Waals surface area contributed by atoms with Crippen LogP contribution in [0, 0.1) is 5.92 Å². The van der Waals surface area contributed by atoms with Crippen molar-refractivity contribution in [3.63, 3.8) is 0 Å². The van der Waals surface area contributed by atoms with E-state index in [1.165, 1.54) is 18.5 Å². The van der Waals surface area contributed by atoms with Crippen molar-refractivity contribution in [2.45, 2.75) is 25.7 Å². The summed E-state index contributed by atoms with van der Waals surface area (Å²) in [6.45, 7) is 6.71. The minimum atomic E-state index is 0.568. The summed E-state index contributed by atoms with van der Waals surface area (Å²) in [4.78, 5) is 11.5. The van der Waals surface area contributed by atoms with E-state index in [-0.39, 0.29) is 0 Å². The summed E-state index contributed by atoms with van der Waals surface area (Å²) in [5.41, 5.74) is 1.20. The van der Waals surface area contributed by atoms with Gasteiger partial charge >= 0.3 is 0 Å². The van der Waals surface area contributed by atoms with Crippen LogP contribution in [0.25, 0.3) is 0 Å². The standard InChI is InChI=1S/C13H20N4/c1-10-2-6-17(7-3-10)13-12(11-8-14-9-11)15-4-5-16-13/h4-5,10-11,14H,2-3,6-9H2,1H3. The second kappa shape index (κ2) is 4.61. The molecule has 2 aliphatic rings. The van der Waals surface area contributed by atoms with E-state index in [4.69, 9.17) is 0 Å². The third kappa shape index (κ3) is 2.14. The highest BCUT2D eigenvalue weighted by Gasteiger charge is 2.27. The lowest BCUT2D eigenvalue weighted by atomic mass is 9.96. The molecule has 1 aromatic heterocycles. The lowest BCUT2D eigenvalue weighted by Gasteiger charge is -2.35. The lowest BCUT2D eigenvalue weighted by molar-refractivity contribution is 0.421. The van der Waals surface area contributed by atoms with Gasteiger partial charge in [0.05, 0.1) is 5.69 Å². The average Bonchev–Trinajstić information content (AvgIpc) is 2.29. The first kappa shape index (κ1) is 11.0. The molecule has 3 heterocycles. The van der Waals surface area contributed by atoms with Crippen molar-refractivity contribution in [1.82, 2.24) is 15.3 Å². The highest BCUT2D eigenvalue weighted by Crippen LogP contribution is 2.29. The van der Waals surface area contributed by atoms with Gasteiger partial charge in [-0.25, -0.2) is 4.98 Å². The zero-order valence-corrected chi connectivity index (χ0v) is 10.4. The van der Waals surface area contributed by atoms with Crippen LogP contribution >= 0.6 is 0 Å². The lowest BCUT2D eigenvalue weighted by Crippen LogP contribution is -2.42. The maximum Gasteiger partial charge on any atom is 0.150 e. The average molecular weight is 232 g/mol. The molecule has 0 aliphatic carbocycles. The molecule has 2 saturated heterocycles. The summed E-state index contributed by atoms with van der Waals surface area (Å²) in [6, 6.07) is 0. The minimum Gasteiger partial charge on any atom is -0.355 e. The van der Waals surface area contributed by atoms with Gasteiger partial charge in [0.2, 0.25) is 0 Å². The maximum absolute atomic E-state index is 4.57. The molecule has 0 atom stereocenters. The summed E-state index contributed by atoms with van der Waals surface area (Å²) < 4.78 is 0. The molecule has 0 spiro atoms. The topological polar surface area (TPSA) is 41.1 Å². The second-order valence-electron chi connectivity index (χ2n) is 5.29. The Morgan fingerprint density at radius 2 is 1.88 bits per heavy atom. The van der Waals surface area contributed by atoms with Crippen LogP contribution in [0.15, 0.2) is 12.4 Å². The van der Waals surface area contributed by atoms with Crippen molar-refractivity contribution in [2.24, 2.45) is 5.92 Å². The predicted octanol–water partition coefficient (Wildman–Crippen LogP) is 1.40. The fourth-order valence-electron chi connectivity index (χ4n) is 2.58. The Kier molecular flexibility index (Phi) is 2.97. The predicted molar refractivity (Wildman–Crippen MR) is 68.3 cm³/mol. The van der Waals surface area contributed by atoms with Crippen LogP contribution in [0.1, 0.15) is 31.4 Å². The maximum atomic E-state index is 4.57. The van der Waals surface area contributed by atoms with Crippen molar-refractivity contribution >= 4 is 5.82 Å². The van der Waals surface area contributed by atoms with E-state index in [0.29, 0.717) is 5.92 Å². The van der Waals surface area contributed by atoms with E-state index < -0.39 is 0 Å². The van der Waals surface area contributed by atoms with Gasteiger partial charge < -0.3 is 10.2 Å². The van der Waals surface area contributed by atoms with Crippen molar-refractivity contribution < 1.29 is 0 Å². The van der Waals surface area contributed by atoms with Crippen molar-refractivity contribution in [1.29, 1.82) is 0 Å². The molecule has 4 nitrogen and oxygen atoms in total. The summed E-state index contributed by atoms with van der Waals surface area (Å²) in [5, 5.41) is 3.31. The molecule has 0 aromatic carbocycles. The van der Waals surface area contributed by atoms with Gasteiger partial charge in [-0.15, -0.1) is 0 Å². The van der Waals surface area contributed by atoms with Gasteiger partial charge in [-0.1, -0.05) is 6.92 Å². The fraction of sp³-hybridized carbons (Fsp3) is 0.692. The van der Waals surface area contributed by atoms with E-state index >= 15 is 0 Å². The van der Waals surface area contributed by atoms with Crippen LogP contribution in [0.5, 0.6) is 0 Å². The molecule has 0 unspecified atom stereocenters. The number of rotatable bonds is 2. The number of hydrogen-bond donors (Lipinski definition) is 1. The largest absolute Gasteiger partial charge is 0.355 e. The first-order valence-electron chi connectivity index (χ1n) is 6.61. The SMILES string of the molecule is CC1CCN(c2nccnc2C2CNC2)CC1. The smallest absolute Gasteiger partial charge is 0.150 e. The van der Waals surface area contributed by atoms with Crippen molar-refractivity contribution in [2.75, 3.05) is 31.1 Å². The molecule has 4 heteroatoms. The van der Waals surface area contributed by atoms with Gasteiger partial charge in [0.15, 0.2) is 5.82 Å². The van der Waals surface area contributed by atoms with Gasteiger partial charge in [0.1, 0.15) is 0 Å². The number of nitrogens with zero attached hydrogens (tertiary/aromatic N) is 3. The Labute approximate surface area is 102 Å².